The molecule has 0 saturated carbocycles. The second-order valence-corrected chi connectivity index (χ2v) is 9.57. The molecule has 2 aliphatic heterocycles. The number of anilines is 2. The maximum atomic E-state index is 13.9. The maximum absolute atomic E-state index is 13.9. The van der Waals surface area contributed by atoms with Gasteiger partial charge in [-0.15, -0.1) is 0 Å². The van der Waals surface area contributed by atoms with E-state index in [4.69, 9.17) is 14.7 Å². The van der Waals surface area contributed by atoms with E-state index in [-0.39, 0.29) is 11.9 Å². The second kappa shape index (κ2) is 9.82. The van der Waals surface area contributed by atoms with E-state index in [1.54, 1.807) is 12.3 Å². The van der Waals surface area contributed by atoms with Gasteiger partial charge in [0.05, 0.1) is 50.6 Å². The van der Waals surface area contributed by atoms with Gasteiger partial charge in [-0.05, 0) is 75.4 Å². The average molecular weight is 484 g/mol. The van der Waals surface area contributed by atoms with E-state index in [9.17, 15) is 4.39 Å². The van der Waals surface area contributed by atoms with Crippen molar-refractivity contribution in [2.24, 2.45) is 4.99 Å². The Morgan fingerprint density at radius 2 is 1.94 bits per heavy atom. The summed E-state index contributed by atoms with van der Waals surface area (Å²) < 4.78 is 21.7. The standard InChI is InChI=1S/C29H30FN5O/c1-19-23(6-4-14-31-19)33-25-17-27-29(18-26(25)32-21-12-15-36-16-13-21)35(22-10-8-20(30)9-11-22)28-7-3-2-5-24(28)34-27/h4-8,10,14,17-18,21,33H,2-3,9,11-13,15-16H2,1H3. The van der Waals surface area contributed by atoms with E-state index in [2.05, 4.69) is 39.2 Å². The molecule has 1 N–H and O–H groups in total. The highest BCUT2D eigenvalue weighted by Crippen LogP contribution is 2.28. The summed E-state index contributed by atoms with van der Waals surface area (Å²) >= 11 is 0. The number of benzene rings is 1. The highest BCUT2D eigenvalue weighted by molar-refractivity contribution is 5.72. The molecule has 36 heavy (non-hydrogen) atoms. The number of aromatic nitrogens is 3. The minimum Gasteiger partial charge on any atom is -0.381 e. The quantitative estimate of drug-likeness (QED) is 0.599. The van der Waals surface area contributed by atoms with Crippen LogP contribution in [0.15, 0.2) is 53.4 Å². The fraction of sp³-hybridized carbons (Fsp3) is 0.345. The molecule has 7 heteroatoms. The molecule has 0 atom stereocenters. The van der Waals surface area contributed by atoms with Crippen molar-refractivity contribution in [2.75, 3.05) is 18.5 Å². The van der Waals surface area contributed by atoms with Gasteiger partial charge in [-0.1, -0.05) is 12.2 Å². The van der Waals surface area contributed by atoms with Gasteiger partial charge in [-0.3, -0.25) is 9.98 Å². The fourth-order valence-corrected chi connectivity index (χ4v) is 5.13. The molecule has 6 nitrogen and oxygen atoms in total. The molecule has 184 valence electrons. The Balaban J connectivity index is 1.61. The van der Waals surface area contributed by atoms with Crippen LogP contribution in [0.4, 0.5) is 15.8 Å². The molecule has 3 aliphatic carbocycles. The smallest absolute Gasteiger partial charge is 0.100 e. The van der Waals surface area contributed by atoms with Crippen LogP contribution in [-0.2, 0) is 4.74 Å². The Hall–Kier alpha value is -3.58. The average Bonchev–Trinajstić information content (AvgIpc) is 2.90. The summed E-state index contributed by atoms with van der Waals surface area (Å²) in [7, 11) is 0. The van der Waals surface area contributed by atoms with Gasteiger partial charge in [0.1, 0.15) is 5.83 Å². The third-order valence-corrected chi connectivity index (χ3v) is 7.07. The zero-order valence-corrected chi connectivity index (χ0v) is 20.5. The minimum atomic E-state index is -0.0735. The molecule has 5 aliphatic rings. The number of allylic oxidation sites excluding steroid dienone is 4. The van der Waals surface area contributed by atoms with Gasteiger partial charge in [0.2, 0.25) is 0 Å². The van der Waals surface area contributed by atoms with Crippen LogP contribution in [0, 0.1) is 6.92 Å². The van der Waals surface area contributed by atoms with Crippen LogP contribution in [0.1, 0.15) is 44.2 Å². The summed E-state index contributed by atoms with van der Waals surface area (Å²) in [5, 5.41) is 6.53. The Kier molecular flexibility index (Phi) is 6.23. The maximum Gasteiger partial charge on any atom is 0.100 e. The van der Waals surface area contributed by atoms with Crippen molar-refractivity contribution in [1.29, 1.82) is 0 Å². The molecule has 0 spiro atoms. The summed E-state index contributed by atoms with van der Waals surface area (Å²) in [5.74, 6) is -0.0735. The summed E-state index contributed by atoms with van der Waals surface area (Å²) in [4.78, 5) is 14.7. The number of ether oxygens (including phenoxy) is 1. The topological polar surface area (TPSA) is 64.3 Å². The van der Waals surface area contributed by atoms with Gasteiger partial charge in [0, 0.05) is 31.5 Å². The number of fused-ring (bicyclic) bond motifs is 2. The van der Waals surface area contributed by atoms with Gasteiger partial charge in [-0.2, -0.15) is 0 Å². The molecule has 1 aromatic heterocycles. The first-order valence-corrected chi connectivity index (χ1v) is 12.8. The minimum absolute atomic E-state index is 0.0735. The SMILES string of the molecule is Cc1ncccc1Nc1cc2nc3c(n(C4=CC=C(F)CC4)c-2cc1=NC1CCOCC1)=CCCC=3. The van der Waals surface area contributed by atoms with Crippen molar-refractivity contribution in [3.05, 3.63) is 70.2 Å². The Bertz CT molecular complexity index is 1530. The molecule has 1 saturated heterocycles. The van der Waals surface area contributed by atoms with Gasteiger partial charge in [0.15, 0.2) is 0 Å². The number of pyridine rings is 1. The highest BCUT2D eigenvalue weighted by Gasteiger charge is 2.20. The monoisotopic (exact) mass is 483 g/mol. The normalized spacial score (nSPS) is 18.7. The Morgan fingerprint density at radius 3 is 2.75 bits per heavy atom. The third kappa shape index (κ3) is 4.51. The first-order valence-electron chi connectivity index (χ1n) is 12.8. The molecule has 0 unspecified atom stereocenters. The van der Waals surface area contributed by atoms with Crippen molar-refractivity contribution in [3.8, 4) is 11.4 Å². The van der Waals surface area contributed by atoms with E-state index in [1.807, 2.05) is 25.1 Å². The second-order valence-electron chi connectivity index (χ2n) is 9.57. The van der Waals surface area contributed by atoms with Crippen molar-refractivity contribution in [1.82, 2.24) is 14.5 Å². The Morgan fingerprint density at radius 1 is 1.08 bits per heavy atom. The van der Waals surface area contributed by atoms with Gasteiger partial charge < -0.3 is 14.6 Å². The van der Waals surface area contributed by atoms with E-state index < -0.39 is 0 Å². The largest absolute Gasteiger partial charge is 0.381 e. The van der Waals surface area contributed by atoms with Crippen molar-refractivity contribution in [2.45, 2.75) is 51.5 Å². The number of halogens is 1. The van der Waals surface area contributed by atoms with E-state index in [0.717, 1.165) is 89.1 Å². The van der Waals surface area contributed by atoms with Crippen molar-refractivity contribution in [3.63, 3.8) is 0 Å². The number of aryl methyl sites for hydroxylation is 1. The van der Waals surface area contributed by atoms with Crippen LogP contribution in [0.3, 0.4) is 0 Å². The summed E-state index contributed by atoms with van der Waals surface area (Å²) in [6, 6.07) is 8.41. The molecule has 6 rings (SSSR count). The molecule has 1 aromatic rings. The van der Waals surface area contributed by atoms with Gasteiger partial charge in [-0.25, -0.2) is 9.37 Å². The van der Waals surface area contributed by atoms with Crippen molar-refractivity contribution >= 4 is 29.2 Å². The summed E-state index contributed by atoms with van der Waals surface area (Å²) in [6.45, 7) is 3.46. The predicted molar refractivity (Wildman–Crippen MR) is 141 cm³/mol. The van der Waals surface area contributed by atoms with E-state index >= 15 is 0 Å². The molecule has 0 bridgehead atoms. The molecule has 0 radical (unpaired) electrons. The summed E-state index contributed by atoms with van der Waals surface area (Å²) in [5.41, 5.74) is 5.72. The highest BCUT2D eigenvalue weighted by atomic mass is 19.1. The number of hydrogen-bond donors (Lipinski definition) is 1. The number of nitrogens with zero attached hydrogens (tertiary/aromatic N) is 4. The molecule has 0 amide bonds. The van der Waals surface area contributed by atoms with Crippen molar-refractivity contribution < 1.29 is 9.13 Å². The van der Waals surface area contributed by atoms with Crippen LogP contribution in [0.5, 0.6) is 0 Å². The molecular formula is C29H30FN5O. The summed E-state index contributed by atoms with van der Waals surface area (Å²) in [6.07, 6.45) is 14.6. The third-order valence-electron chi connectivity index (χ3n) is 7.07. The molecule has 3 heterocycles. The lowest BCUT2D eigenvalue weighted by Gasteiger charge is -2.24. The predicted octanol–water partition coefficient (Wildman–Crippen LogP) is 4.36. The lowest BCUT2D eigenvalue weighted by atomic mass is 10.1. The van der Waals surface area contributed by atoms with E-state index in [0.29, 0.717) is 12.8 Å². The first kappa shape index (κ1) is 22.9. The van der Waals surface area contributed by atoms with Crippen LogP contribution in [0.2, 0.25) is 0 Å². The number of rotatable bonds is 4. The molecule has 0 aromatic carbocycles. The lowest BCUT2D eigenvalue weighted by Crippen LogP contribution is -2.41. The van der Waals surface area contributed by atoms with Gasteiger partial charge in [0.25, 0.3) is 0 Å². The van der Waals surface area contributed by atoms with Crippen LogP contribution in [-0.4, -0.2) is 33.8 Å². The number of hydrogen-bond acceptors (Lipinski definition) is 5. The van der Waals surface area contributed by atoms with Crippen LogP contribution >= 0.6 is 0 Å². The lowest BCUT2D eigenvalue weighted by molar-refractivity contribution is 0.0864. The number of nitrogens with one attached hydrogen (secondary N) is 1. The van der Waals surface area contributed by atoms with Crippen LogP contribution in [0.25, 0.3) is 29.2 Å². The first-order chi connectivity index (χ1) is 17.7. The molecule has 1 fully saturated rings. The Labute approximate surface area is 209 Å². The zero-order valence-electron chi connectivity index (χ0n) is 20.5. The molecular weight excluding hydrogens is 453 g/mol. The zero-order chi connectivity index (χ0) is 24.5. The van der Waals surface area contributed by atoms with E-state index in [1.165, 1.54) is 0 Å². The van der Waals surface area contributed by atoms with Crippen LogP contribution < -0.4 is 21.4 Å². The fourth-order valence-electron chi connectivity index (χ4n) is 5.13. The van der Waals surface area contributed by atoms with Gasteiger partial charge >= 0.3 is 0 Å².